The van der Waals surface area contributed by atoms with E-state index in [0.29, 0.717) is 0 Å². The Balaban J connectivity index is 0.991. The molecule has 0 saturated carbocycles. The lowest BCUT2D eigenvalue weighted by molar-refractivity contribution is -0.433. The predicted molar refractivity (Wildman–Crippen MR) is 318 cm³/mol. The maximum atomic E-state index is 4.12. The van der Waals surface area contributed by atoms with Crippen LogP contribution in [-0.4, -0.2) is 59.1 Å². The molecule has 4 heterocycles. The van der Waals surface area contributed by atoms with Crippen LogP contribution in [0.25, 0.3) is 0 Å². The molecule has 74 heavy (non-hydrogen) atoms. The Hall–Kier alpha value is -6.11. The van der Waals surface area contributed by atoms with Crippen LogP contribution in [0.5, 0.6) is 0 Å². The summed E-state index contributed by atoms with van der Waals surface area (Å²) in [5, 5.41) is 4.12. The van der Waals surface area contributed by atoms with E-state index in [9.17, 15) is 0 Å². The van der Waals surface area contributed by atoms with Crippen molar-refractivity contribution in [2.75, 3.05) is 48.3 Å². The highest BCUT2D eigenvalue weighted by Gasteiger charge is 2.45. The molecule has 4 aromatic carbocycles. The van der Waals surface area contributed by atoms with Crippen molar-refractivity contribution in [2.24, 2.45) is 0 Å². The molecule has 0 unspecified atom stereocenters. The molecule has 0 saturated heterocycles. The number of nitrogens with zero attached hydrogens (tertiary/aromatic N) is 4. The summed E-state index contributed by atoms with van der Waals surface area (Å²) in [6, 6.07) is 35.9. The third-order valence-electron chi connectivity index (χ3n) is 17.4. The number of likely N-dealkylation sites (N-methyl/N-ethyl adjacent to an activating group) is 2. The second-order valence-electron chi connectivity index (χ2n) is 23.0. The van der Waals surface area contributed by atoms with E-state index in [0.717, 1.165) is 64.2 Å². The molecule has 1 N–H and O–H groups in total. The van der Waals surface area contributed by atoms with Gasteiger partial charge in [-0.2, -0.15) is 9.15 Å². The molecule has 2 aliphatic carbocycles. The van der Waals surface area contributed by atoms with Gasteiger partial charge in [-0.1, -0.05) is 125 Å². The van der Waals surface area contributed by atoms with Gasteiger partial charge in [-0.25, -0.2) is 0 Å². The van der Waals surface area contributed by atoms with E-state index in [1.54, 1.807) is 0 Å². The minimum atomic E-state index is -0.0816. The van der Waals surface area contributed by atoms with Gasteiger partial charge in [0.05, 0.1) is 10.8 Å². The van der Waals surface area contributed by atoms with Crippen molar-refractivity contribution in [3.8, 4) is 0 Å². The second-order valence-corrected chi connectivity index (χ2v) is 24.1. The van der Waals surface area contributed by atoms with Crippen LogP contribution in [0.4, 0.5) is 22.7 Å². The molecule has 0 amide bonds. The number of thioether (sulfide) groups is 1. The smallest absolute Gasteiger partial charge is 0.209 e. The first kappa shape index (κ1) is 51.4. The van der Waals surface area contributed by atoms with Crippen LogP contribution in [0.1, 0.15) is 131 Å². The van der Waals surface area contributed by atoms with E-state index < -0.39 is 0 Å². The van der Waals surface area contributed by atoms with Crippen molar-refractivity contribution in [1.82, 2.24) is 5.32 Å². The topological polar surface area (TPSA) is 24.5 Å². The number of rotatable bonds is 15. The second kappa shape index (κ2) is 20.2. The first-order valence-corrected chi connectivity index (χ1v) is 28.8. The molecule has 0 bridgehead atoms. The highest BCUT2D eigenvalue weighted by atomic mass is 32.2. The zero-order valence-corrected chi connectivity index (χ0v) is 47.4. The van der Waals surface area contributed by atoms with E-state index in [1.807, 2.05) is 11.8 Å². The van der Waals surface area contributed by atoms with E-state index in [4.69, 9.17) is 0 Å². The quantitative estimate of drug-likeness (QED) is 0.0947. The normalized spacial score (nSPS) is 22.4. The molecule has 0 atom stereocenters. The Labute approximate surface area is 449 Å². The molecule has 6 heteroatoms. The number of para-hydroxylation sites is 4. The van der Waals surface area contributed by atoms with Crippen molar-refractivity contribution in [3.05, 3.63) is 212 Å². The van der Waals surface area contributed by atoms with Gasteiger partial charge < -0.3 is 15.1 Å². The SMILES string of the molecule is CCN1/C(=C/C=C2\CCC(/C=C/C3=[N+](CC)c4ccccc4C3(C)C)=C2NCCSC2=C(/C=C/C3=[N+](CC)c4ccccc4C3(C)C)CC/C2=C\C=C2\N(CC)c3ccccc3C2(C)C)C(C)(C)c2ccccc21. The minimum absolute atomic E-state index is 0.0747. The molecule has 0 fully saturated rings. The lowest BCUT2D eigenvalue weighted by Gasteiger charge is -2.26. The van der Waals surface area contributed by atoms with E-state index in [2.05, 4.69) is 253 Å². The van der Waals surface area contributed by atoms with Gasteiger partial charge in [0.1, 0.15) is 13.1 Å². The number of fused-ring (bicyclic) bond motifs is 4. The fourth-order valence-corrected chi connectivity index (χ4v) is 14.6. The summed E-state index contributed by atoms with van der Waals surface area (Å²) < 4.78 is 5.04. The molecular formula is C68H81N5S+2. The molecule has 6 aliphatic rings. The van der Waals surface area contributed by atoms with Crippen LogP contribution in [0.15, 0.2) is 190 Å². The van der Waals surface area contributed by atoms with Gasteiger partial charge in [0, 0.05) is 105 Å². The van der Waals surface area contributed by atoms with E-state index in [-0.39, 0.29) is 21.7 Å². The van der Waals surface area contributed by atoms with Crippen molar-refractivity contribution in [3.63, 3.8) is 0 Å². The van der Waals surface area contributed by atoms with Gasteiger partial charge in [0.15, 0.2) is 11.4 Å². The minimum Gasteiger partial charge on any atom is -0.384 e. The molecule has 0 spiro atoms. The monoisotopic (exact) mass is 1000 g/mol. The summed E-state index contributed by atoms with van der Waals surface area (Å²) in [7, 11) is 0. The number of nitrogens with one attached hydrogen (secondary N) is 1. The highest BCUT2D eigenvalue weighted by Crippen LogP contribution is 2.50. The maximum Gasteiger partial charge on any atom is 0.209 e. The average molecular weight is 1000 g/mol. The summed E-state index contributed by atoms with van der Waals surface area (Å²) in [6.07, 6.45) is 23.7. The van der Waals surface area contributed by atoms with Gasteiger partial charge in [0.25, 0.3) is 0 Å². The lowest BCUT2D eigenvalue weighted by Crippen LogP contribution is -2.27. The van der Waals surface area contributed by atoms with Crippen molar-refractivity contribution in [1.29, 1.82) is 0 Å². The fraction of sp³-hybridized carbons (Fsp3) is 0.382. The van der Waals surface area contributed by atoms with Gasteiger partial charge in [0.2, 0.25) is 11.4 Å². The largest absolute Gasteiger partial charge is 0.384 e. The molecular weight excluding hydrogens is 919 g/mol. The summed E-state index contributed by atoms with van der Waals surface area (Å²) in [5.41, 5.74) is 23.1. The number of hydrogen-bond acceptors (Lipinski definition) is 4. The van der Waals surface area contributed by atoms with E-state index >= 15 is 0 Å². The summed E-state index contributed by atoms with van der Waals surface area (Å²) >= 11 is 2.04. The molecule has 10 rings (SSSR count). The van der Waals surface area contributed by atoms with Crippen molar-refractivity contribution in [2.45, 2.75) is 130 Å². The first-order chi connectivity index (χ1) is 35.6. The van der Waals surface area contributed by atoms with Crippen LogP contribution in [0.2, 0.25) is 0 Å². The Morgan fingerprint density at radius 3 is 1.42 bits per heavy atom. The summed E-state index contributed by atoms with van der Waals surface area (Å²) in [4.78, 5) is 6.49. The van der Waals surface area contributed by atoms with Gasteiger partial charge >= 0.3 is 0 Å². The molecule has 4 aromatic rings. The van der Waals surface area contributed by atoms with Crippen LogP contribution in [0, 0.1) is 0 Å². The Morgan fingerprint density at radius 2 is 0.919 bits per heavy atom. The summed E-state index contributed by atoms with van der Waals surface area (Å²) in [5.74, 6) is 0.956. The third-order valence-corrected chi connectivity index (χ3v) is 18.7. The maximum absolute atomic E-state index is 4.12. The Bertz CT molecular complexity index is 3010. The van der Waals surface area contributed by atoms with Crippen LogP contribution in [0.3, 0.4) is 0 Å². The Morgan fingerprint density at radius 1 is 0.486 bits per heavy atom. The number of hydrogen-bond donors (Lipinski definition) is 1. The average Bonchev–Trinajstić information content (AvgIpc) is 4.18. The Kier molecular flexibility index (Phi) is 14.0. The highest BCUT2D eigenvalue weighted by molar-refractivity contribution is 8.03. The van der Waals surface area contributed by atoms with Crippen LogP contribution < -0.4 is 15.1 Å². The number of allylic oxidation sites excluding steroid dienone is 14. The number of anilines is 2. The van der Waals surface area contributed by atoms with Crippen LogP contribution in [-0.2, 0) is 21.7 Å². The summed E-state index contributed by atoms with van der Waals surface area (Å²) in [6.45, 7) is 32.9. The van der Waals surface area contributed by atoms with Gasteiger partial charge in [-0.05, 0) is 139 Å². The lowest BCUT2D eigenvalue weighted by atomic mass is 9.81. The fourth-order valence-electron chi connectivity index (χ4n) is 13.5. The van der Waals surface area contributed by atoms with Crippen molar-refractivity contribution >= 4 is 45.9 Å². The van der Waals surface area contributed by atoms with Gasteiger partial charge in [-0.15, -0.1) is 11.8 Å². The molecule has 5 nitrogen and oxygen atoms in total. The third kappa shape index (κ3) is 8.67. The van der Waals surface area contributed by atoms with Crippen molar-refractivity contribution < 1.29 is 9.15 Å². The molecule has 0 radical (unpaired) electrons. The zero-order chi connectivity index (χ0) is 52.2. The zero-order valence-electron chi connectivity index (χ0n) is 46.6. The van der Waals surface area contributed by atoms with Crippen LogP contribution >= 0.6 is 11.8 Å². The number of benzene rings is 4. The molecule has 4 aliphatic heterocycles. The molecule has 382 valence electrons. The standard InChI is InChI=1S/C68H80N5S/c1-13-70-55-29-21-17-25-51(55)65(5,6)59(70)41-37-47-33-34-48(38-42-60-66(7,8)52-26-18-22-30-56(52)71(60)14-2)63(47)69-45-46-74-64-49(39-43-61-67(9,10)53-27-19-23-31-57(53)72(61)15-3)35-36-50(64)40-44-62-68(11,12)54-28-20-24-32-58(54)73(62)16-4/h17-32,37-44H,13-16,33-36,45-46H2,1-12H3/q+1/p+1/b47-37+,59-41+. The van der Waals surface area contributed by atoms with E-state index in [1.165, 1.54) is 101 Å². The predicted octanol–water partition coefficient (Wildman–Crippen LogP) is 16.0. The first-order valence-electron chi connectivity index (χ1n) is 27.8. The molecule has 0 aromatic heterocycles. The van der Waals surface area contributed by atoms with Gasteiger partial charge in [-0.3, -0.25) is 0 Å².